The van der Waals surface area contributed by atoms with E-state index in [1.165, 1.54) is 6.92 Å². The number of unbranched alkanes of at least 4 members (excludes halogenated alkanes) is 4. The summed E-state index contributed by atoms with van der Waals surface area (Å²) in [5.74, 6) is -1.70. The Labute approximate surface area is 132 Å². The number of carbonyl (C=O) groups is 2. The third kappa shape index (κ3) is 6.39. The number of carboxylic acid groups (broad SMARTS) is 1. The van der Waals surface area contributed by atoms with Gasteiger partial charge in [-0.2, -0.15) is 0 Å². The molecule has 7 nitrogen and oxygen atoms in total. The zero-order valence-corrected chi connectivity index (χ0v) is 13.5. The van der Waals surface area contributed by atoms with E-state index in [9.17, 15) is 14.7 Å². The van der Waals surface area contributed by atoms with Crippen molar-refractivity contribution in [2.45, 2.75) is 51.0 Å². The number of aliphatic hydroxyl groups is 2. The fourth-order valence-corrected chi connectivity index (χ4v) is 2.37. The molecule has 0 aliphatic heterocycles. The van der Waals surface area contributed by atoms with Crippen LogP contribution in [-0.2, 0) is 9.59 Å². The van der Waals surface area contributed by atoms with Crippen molar-refractivity contribution in [1.82, 2.24) is 4.90 Å². The molecule has 0 saturated carbocycles. The average molecular weight is 318 g/mol. The first-order valence-corrected chi connectivity index (χ1v) is 7.88. The van der Waals surface area contributed by atoms with Gasteiger partial charge in [0.25, 0.3) is 0 Å². The van der Waals surface area contributed by atoms with Crippen LogP contribution in [0.15, 0.2) is 0 Å². The van der Waals surface area contributed by atoms with Crippen LogP contribution < -0.4 is 5.73 Å². The van der Waals surface area contributed by atoms with E-state index in [-0.39, 0.29) is 19.8 Å². The predicted octanol–water partition coefficient (Wildman–Crippen LogP) is -0.0153. The Bertz CT molecular complexity index is 326. The first-order valence-electron chi connectivity index (χ1n) is 7.88. The molecule has 0 radical (unpaired) electrons. The van der Waals surface area contributed by atoms with Crippen molar-refractivity contribution in [3.8, 4) is 0 Å². The molecule has 0 rings (SSSR count). The van der Waals surface area contributed by atoms with Crippen molar-refractivity contribution >= 4 is 11.8 Å². The summed E-state index contributed by atoms with van der Waals surface area (Å²) in [6, 6.07) is 0. The molecule has 0 saturated heterocycles. The number of nitrogens with zero attached hydrogens (tertiary/aromatic N) is 1. The molecule has 0 heterocycles. The number of ketones is 1. The lowest BCUT2D eigenvalue weighted by Gasteiger charge is -2.36. The molecule has 0 spiro atoms. The summed E-state index contributed by atoms with van der Waals surface area (Å²) in [6.45, 7) is 2.24. The van der Waals surface area contributed by atoms with E-state index in [0.717, 1.165) is 12.8 Å². The van der Waals surface area contributed by atoms with E-state index in [1.54, 1.807) is 4.90 Å². The summed E-state index contributed by atoms with van der Waals surface area (Å²) >= 11 is 0. The molecule has 130 valence electrons. The van der Waals surface area contributed by atoms with E-state index < -0.39 is 17.3 Å². The molecule has 0 aliphatic carbocycles. The van der Waals surface area contributed by atoms with Gasteiger partial charge in [0, 0.05) is 13.2 Å². The quantitative estimate of drug-likeness (QED) is 0.262. The molecule has 1 atom stereocenters. The van der Waals surface area contributed by atoms with Gasteiger partial charge in [-0.05, 0) is 58.5 Å². The zero-order chi connectivity index (χ0) is 17.0. The lowest BCUT2D eigenvalue weighted by molar-refractivity contribution is -0.156. The molecule has 0 aliphatic rings. The number of hydrogen-bond acceptors (Lipinski definition) is 6. The molecule has 0 aromatic carbocycles. The molecule has 0 fully saturated rings. The van der Waals surface area contributed by atoms with Crippen LogP contribution in [0, 0.1) is 0 Å². The maximum Gasteiger partial charge on any atom is 0.331 e. The highest BCUT2D eigenvalue weighted by Gasteiger charge is 2.45. The van der Waals surface area contributed by atoms with Crippen molar-refractivity contribution in [3.05, 3.63) is 0 Å². The van der Waals surface area contributed by atoms with Crippen molar-refractivity contribution in [3.63, 3.8) is 0 Å². The molecule has 0 bridgehead atoms. The Morgan fingerprint density at radius 1 is 0.955 bits per heavy atom. The maximum absolute atomic E-state index is 12.1. The van der Waals surface area contributed by atoms with Crippen molar-refractivity contribution in [1.29, 1.82) is 0 Å². The fraction of sp³-hybridized carbons (Fsp3) is 0.867. The maximum atomic E-state index is 12.1. The highest BCUT2D eigenvalue weighted by molar-refractivity contribution is 6.08. The number of aliphatic carboxylic acids is 1. The summed E-state index contributed by atoms with van der Waals surface area (Å²) in [5, 5.41) is 27.1. The molecule has 0 aromatic heterocycles. The molecular weight excluding hydrogens is 288 g/mol. The monoisotopic (exact) mass is 318 g/mol. The lowest BCUT2D eigenvalue weighted by atomic mass is 9.92. The Morgan fingerprint density at radius 2 is 1.41 bits per heavy atom. The number of Topliss-reactive ketones (excluding diaryl/α,β-unsaturated/α-hetero) is 1. The smallest absolute Gasteiger partial charge is 0.331 e. The van der Waals surface area contributed by atoms with Crippen LogP contribution in [0.2, 0.25) is 0 Å². The van der Waals surface area contributed by atoms with Gasteiger partial charge in [-0.15, -0.1) is 0 Å². The predicted molar refractivity (Wildman–Crippen MR) is 83.5 cm³/mol. The second-order valence-electron chi connectivity index (χ2n) is 5.56. The van der Waals surface area contributed by atoms with Crippen LogP contribution in [0.4, 0.5) is 0 Å². The van der Waals surface area contributed by atoms with Crippen LogP contribution in [0.3, 0.4) is 0 Å². The molecule has 5 N–H and O–H groups in total. The van der Waals surface area contributed by atoms with E-state index >= 15 is 0 Å². The summed E-state index contributed by atoms with van der Waals surface area (Å²) in [5.41, 5.74) is 3.76. The number of nitrogens with two attached hydrogens (primary N) is 1. The van der Waals surface area contributed by atoms with Gasteiger partial charge in [-0.1, -0.05) is 0 Å². The number of rotatable bonds is 14. The summed E-state index contributed by atoms with van der Waals surface area (Å²) in [4.78, 5) is 25.4. The van der Waals surface area contributed by atoms with Crippen LogP contribution in [0.25, 0.3) is 0 Å². The van der Waals surface area contributed by atoms with Crippen LogP contribution >= 0.6 is 0 Å². The van der Waals surface area contributed by atoms with E-state index in [0.29, 0.717) is 38.8 Å². The van der Waals surface area contributed by atoms with Gasteiger partial charge in [-0.25, -0.2) is 4.79 Å². The highest BCUT2D eigenvalue weighted by Crippen LogP contribution is 2.19. The van der Waals surface area contributed by atoms with Gasteiger partial charge in [-0.3, -0.25) is 9.69 Å². The first kappa shape index (κ1) is 21.0. The molecule has 0 amide bonds. The number of carboxylic acids is 1. The number of carbonyl (C=O) groups excluding carboxylic acids is 1. The third-order valence-electron chi connectivity index (χ3n) is 3.95. The average Bonchev–Trinajstić information content (AvgIpc) is 2.51. The zero-order valence-electron chi connectivity index (χ0n) is 13.5. The van der Waals surface area contributed by atoms with E-state index in [2.05, 4.69) is 0 Å². The largest absolute Gasteiger partial charge is 0.480 e. The Hall–Kier alpha value is -1.02. The van der Waals surface area contributed by atoms with E-state index in [1.807, 2.05) is 0 Å². The first-order chi connectivity index (χ1) is 10.4. The number of aliphatic hydroxyl groups excluding tert-OH is 2. The second kappa shape index (κ2) is 11.5. The van der Waals surface area contributed by atoms with Crippen molar-refractivity contribution < 1.29 is 24.9 Å². The minimum atomic E-state index is -1.62. The normalized spacial score (nSPS) is 14.0. The second-order valence-corrected chi connectivity index (χ2v) is 5.56. The van der Waals surface area contributed by atoms with Crippen molar-refractivity contribution in [2.24, 2.45) is 5.73 Å². The molecular formula is C15H30N2O5. The van der Waals surface area contributed by atoms with Gasteiger partial charge in [0.1, 0.15) is 0 Å². The van der Waals surface area contributed by atoms with Crippen molar-refractivity contribution in [2.75, 3.05) is 32.8 Å². The molecule has 7 heteroatoms. The van der Waals surface area contributed by atoms with Gasteiger partial charge < -0.3 is 21.1 Å². The SMILES string of the molecule is CC(C(=O)O)(C(=O)CN)N(CCCCCO)CCCCCO. The van der Waals surface area contributed by atoms with Gasteiger partial charge in [0.2, 0.25) is 0 Å². The molecule has 22 heavy (non-hydrogen) atoms. The van der Waals surface area contributed by atoms with Gasteiger partial charge in [0.05, 0.1) is 6.54 Å². The minimum absolute atomic E-state index is 0.106. The summed E-state index contributed by atoms with van der Waals surface area (Å²) in [6.07, 6.45) is 4.29. The Morgan fingerprint density at radius 3 is 1.73 bits per heavy atom. The van der Waals surface area contributed by atoms with Gasteiger partial charge >= 0.3 is 5.97 Å². The lowest BCUT2D eigenvalue weighted by Crippen LogP contribution is -2.60. The summed E-state index contributed by atoms with van der Waals surface area (Å²) in [7, 11) is 0. The highest BCUT2D eigenvalue weighted by atomic mass is 16.4. The Balaban J connectivity index is 4.88. The topological polar surface area (TPSA) is 124 Å². The van der Waals surface area contributed by atoms with Crippen LogP contribution in [-0.4, -0.2) is 70.4 Å². The Kier molecular flexibility index (Phi) is 11.0. The van der Waals surface area contributed by atoms with Crippen LogP contribution in [0.5, 0.6) is 0 Å². The van der Waals surface area contributed by atoms with Gasteiger partial charge in [0.15, 0.2) is 11.3 Å². The molecule has 1 unspecified atom stereocenters. The third-order valence-corrected chi connectivity index (χ3v) is 3.95. The fourth-order valence-electron chi connectivity index (χ4n) is 2.37. The van der Waals surface area contributed by atoms with Crippen LogP contribution in [0.1, 0.15) is 45.4 Å². The summed E-state index contributed by atoms with van der Waals surface area (Å²) < 4.78 is 0. The molecule has 0 aromatic rings. The van der Waals surface area contributed by atoms with E-state index in [4.69, 9.17) is 15.9 Å². The minimum Gasteiger partial charge on any atom is -0.480 e. The number of hydrogen-bond donors (Lipinski definition) is 4. The standard InChI is InChI=1S/C15H30N2O5/c1-15(14(21)22,13(20)12-16)17(8-4-2-6-10-18)9-5-3-7-11-19/h18-19H,2-12,16H2,1H3,(H,21,22).